The molecule has 1 aliphatic rings. The van der Waals surface area contributed by atoms with Crippen LogP contribution in [-0.2, 0) is 0 Å². The Bertz CT molecular complexity index is 417. The van der Waals surface area contributed by atoms with Crippen molar-refractivity contribution in [2.24, 2.45) is 5.73 Å². The third-order valence-corrected chi connectivity index (χ3v) is 3.14. The second-order valence-electron chi connectivity index (χ2n) is 4.60. The van der Waals surface area contributed by atoms with E-state index in [0.29, 0.717) is 11.7 Å². The van der Waals surface area contributed by atoms with Gasteiger partial charge in [0.25, 0.3) is 0 Å². The monoisotopic (exact) mass is 233 g/mol. The normalized spacial score (nSPS) is 21.5. The molecule has 1 atom stereocenters. The number of piperazine rings is 1. The predicted molar refractivity (Wildman–Crippen MR) is 69.6 cm³/mol. The van der Waals surface area contributed by atoms with Gasteiger partial charge in [0.15, 0.2) is 0 Å². The number of hydrogen-bond donors (Lipinski definition) is 2. The Morgan fingerprint density at radius 3 is 2.88 bits per heavy atom. The summed E-state index contributed by atoms with van der Waals surface area (Å²) in [6.07, 6.45) is 0. The summed E-state index contributed by atoms with van der Waals surface area (Å²) in [5.74, 6) is 0.937. The molecule has 5 heteroatoms. The van der Waals surface area contributed by atoms with Gasteiger partial charge >= 0.3 is 0 Å². The minimum atomic E-state index is 0.0219. The SMILES string of the molecule is CC1CN(C)CCN1c1cccc(C(=N)N)n1. The summed E-state index contributed by atoms with van der Waals surface area (Å²) < 4.78 is 0. The minimum absolute atomic E-state index is 0.0219. The van der Waals surface area contributed by atoms with E-state index in [-0.39, 0.29) is 5.84 Å². The lowest BCUT2D eigenvalue weighted by atomic mass is 10.2. The zero-order chi connectivity index (χ0) is 12.4. The lowest BCUT2D eigenvalue weighted by Crippen LogP contribution is -2.50. The zero-order valence-corrected chi connectivity index (χ0v) is 10.3. The number of nitrogen functional groups attached to an aromatic ring is 1. The zero-order valence-electron chi connectivity index (χ0n) is 10.3. The lowest BCUT2D eigenvalue weighted by molar-refractivity contribution is 0.274. The number of rotatable bonds is 2. The fourth-order valence-electron chi connectivity index (χ4n) is 2.21. The van der Waals surface area contributed by atoms with Gasteiger partial charge in [0.05, 0.1) is 0 Å². The number of nitrogens with two attached hydrogens (primary N) is 1. The largest absolute Gasteiger partial charge is 0.382 e. The van der Waals surface area contributed by atoms with E-state index in [1.807, 2.05) is 12.1 Å². The first-order chi connectivity index (χ1) is 8.08. The van der Waals surface area contributed by atoms with Crippen LogP contribution in [0.5, 0.6) is 0 Å². The summed E-state index contributed by atoms with van der Waals surface area (Å²) in [4.78, 5) is 9.01. The molecule has 1 aromatic heterocycles. The van der Waals surface area contributed by atoms with E-state index < -0.39 is 0 Å². The summed E-state index contributed by atoms with van der Waals surface area (Å²) in [7, 11) is 2.13. The van der Waals surface area contributed by atoms with Gasteiger partial charge in [-0.1, -0.05) is 6.07 Å². The molecule has 1 unspecified atom stereocenters. The Balaban J connectivity index is 2.22. The van der Waals surface area contributed by atoms with Crippen LogP contribution >= 0.6 is 0 Å². The fraction of sp³-hybridized carbons (Fsp3) is 0.500. The third kappa shape index (κ3) is 2.55. The van der Waals surface area contributed by atoms with Gasteiger partial charge in [-0.3, -0.25) is 5.41 Å². The Morgan fingerprint density at radius 2 is 2.24 bits per heavy atom. The Hall–Kier alpha value is -1.62. The molecule has 0 radical (unpaired) electrons. The third-order valence-electron chi connectivity index (χ3n) is 3.14. The molecule has 0 spiro atoms. The van der Waals surface area contributed by atoms with Crippen molar-refractivity contribution in [2.45, 2.75) is 13.0 Å². The van der Waals surface area contributed by atoms with Crippen molar-refractivity contribution >= 4 is 11.7 Å². The van der Waals surface area contributed by atoms with Crippen molar-refractivity contribution < 1.29 is 0 Å². The summed E-state index contributed by atoms with van der Waals surface area (Å²) in [6, 6.07) is 6.09. The number of nitrogens with one attached hydrogen (secondary N) is 1. The van der Waals surface area contributed by atoms with Gasteiger partial charge < -0.3 is 15.5 Å². The Morgan fingerprint density at radius 1 is 1.47 bits per heavy atom. The molecule has 0 amide bonds. The van der Waals surface area contributed by atoms with Crippen LogP contribution in [0.25, 0.3) is 0 Å². The van der Waals surface area contributed by atoms with Crippen LogP contribution in [0.2, 0.25) is 0 Å². The maximum absolute atomic E-state index is 7.42. The maximum atomic E-state index is 7.42. The van der Waals surface area contributed by atoms with E-state index in [0.717, 1.165) is 25.5 Å². The van der Waals surface area contributed by atoms with E-state index in [9.17, 15) is 0 Å². The fourth-order valence-corrected chi connectivity index (χ4v) is 2.21. The molecule has 1 aromatic rings. The van der Waals surface area contributed by atoms with Gasteiger partial charge in [0.2, 0.25) is 0 Å². The summed E-state index contributed by atoms with van der Waals surface area (Å²) in [5, 5.41) is 7.42. The second kappa shape index (κ2) is 4.71. The number of anilines is 1. The van der Waals surface area contributed by atoms with Gasteiger partial charge in [0.1, 0.15) is 17.3 Å². The van der Waals surface area contributed by atoms with Crippen molar-refractivity contribution in [3.63, 3.8) is 0 Å². The highest BCUT2D eigenvalue weighted by atomic mass is 15.3. The minimum Gasteiger partial charge on any atom is -0.382 e. The van der Waals surface area contributed by atoms with Crippen LogP contribution in [0.4, 0.5) is 5.82 Å². The van der Waals surface area contributed by atoms with Crippen LogP contribution in [0.3, 0.4) is 0 Å². The molecule has 0 aliphatic carbocycles. The van der Waals surface area contributed by atoms with Crippen LogP contribution in [0.1, 0.15) is 12.6 Å². The molecule has 2 heterocycles. The highest BCUT2D eigenvalue weighted by Crippen LogP contribution is 2.17. The molecular weight excluding hydrogens is 214 g/mol. The summed E-state index contributed by atoms with van der Waals surface area (Å²) >= 11 is 0. The van der Waals surface area contributed by atoms with Gasteiger partial charge in [-0.2, -0.15) is 0 Å². The molecule has 92 valence electrons. The predicted octanol–water partition coefficient (Wildman–Crippen LogP) is 0.506. The molecule has 3 N–H and O–H groups in total. The number of hydrogen-bond acceptors (Lipinski definition) is 4. The van der Waals surface area contributed by atoms with Crippen LogP contribution in [-0.4, -0.2) is 48.4 Å². The average molecular weight is 233 g/mol. The quantitative estimate of drug-likeness (QED) is 0.577. The smallest absolute Gasteiger partial charge is 0.141 e. The first-order valence-corrected chi connectivity index (χ1v) is 5.84. The average Bonchev–Trinajstić information content (AvgIpc) is 2.29. The molecule has 2 rings (SSSR count). The van der Waals surface area contributed by atoms with E-state index >= 15 is 0 Å². The highest BCUT2D eigenvalue weighted by Gasteiger charge is 2.22. The first kappa shape index (κ1) is 11.9. The Kier molecular flexibility index (Phi) is 3.28. The van der Waals surface area contributed by atoms with Gasteiger partial charge in [-0.25, -0.2) is 4.98 Å². The lowest BCUT2D eigenvalue weighted by Gasteiger charge is -2.39. The summed E-state index contributed by atoms with van der Waals surface area (Å²) in [6.45, 7) is 5.23. The molecule has 17 heavy (non-hydrogen) atoms. The maximum Gasteiger partial charge on any atom is 0.141 e. The summed E-state index contributed by atoms with van der Waals surface area (Å²) in [5.41, 5.74) is 6.01. The number of amidine groups is 1. The van der Waals surface area contributed by atoms with Gasteiger partial charge in [-0.15, -0.1) is 0 Å². The van der Waals surface area contributed by atoms with Crippen LogP contribution < -0.4 is 10.6 Å². The van der Waals surface area contributed by atoms with Gasteiger partial charge in [-0.05, 0) is 26.1 Å². The number of aromatic nitrogens is 1. The molecule has 1 saturated heterocycles. The van der Waals surface area contributed by atoms with E-state index in [4.69, 9.17) is 11.1 Å². The van der Waals surface area contributed by atoms with Crippen molar-refractivity contribution in [1.29, 1.82) is 5.41 Å². The number of pyridine rings is 1. The standard InChI is InChI=1S/C12H19N5/c1-9-8-16(2)6-7-17(9)11-5-3-4-10(15-11)12(13)14/h3-5,9H,6-8H2,1-2H3,(H3,13,14). The second-order valence-corrected chi connectivity index (χ2v) is 4.60. The van der Waals surface area contributed by atoms with Crippen molar-refractivity contribution in [3.05, 3.63) is 23.9 Å². The molecule has 1 fully saturated rings. The molecule has 0 saturated carbocycles. The molecule has 1 aliphatic heterocycles. The van der Waals surface area contributed by atoms with Gasteiger partial charge in [0, 0.05) is 25.7 Å². The molecular formula is C12H19N5. The number of nitrogens with zero attached hydrogens (tertiary/aromatic N) is 3. The van der Waals surface area contributed by atoms with Crippen molar-refractivity contribution in [2.75, 3.05) is 31.6 Å². The van der Waals surface area contributed by atoms with E-state index in [1.165, 1.54) is 0 Å². The first-order valence-electron chi connectivity index (χ1n) is 5.84. The van der Waals surface area contributed by atoms with Crippen molar-refractivity contribution in [3.8, 4) is 0 Å². The molecule has 5 nitrogen and oxygen atoms in total. The van der Waals surface area contributed by atoms with E-state index in [1.54, 1.807) is 6.07 Å². The Labute approximate surface area is 102 Å². The highest BCUT2D eigenvalue weighted by molar-refractivity contribution is 5.93. The molecule has 0 bridgehead atoms. The molecule has 0 aromatic carbocycles. The van der Waals surface area contributed by atoms with Crippen molar-refractivity contribution in [1.82, 2.24) is 9.88 Å². The number of likely N-dealkylation sites (N-methyl/N-ethyl adjacent to an activating group) is 1. The van der Waals surface area contributed by atoms with E-state index in [2.05, 4.69) is 28.8 Å². The van der Waals surface area contributed by atoms with Crippen LogP contribution in [0, 0.1) is 5.41 Å². The topological polar surface area (TPSA) is 69.2 Å². The van der Waals surface area contributed by atoms with Crippen LogP contribution in [0.15, 0.2) is 18.2 Å².